The van der Waals surface area contributed by atoms with Crippen LogP contribution in [0.1, 0.15) is 37.6 Å². The molecule has 5 aromatic carbocycles. The molecular weight excluding hydrogens is 1090 g/mol. The molecule has 0 N–H and O–H groups in total. The molecule has 1 saturated heterocycles. The lowest BCUT2D eigenvalue weighted by Crippen LogP contribution is -2.34. The number of hydrogen-bond acceptors (Lipinski definition) is 17. The van der Waals surface area contributed by atoms with Gasteiger partial charge in [0.15, 0.2) is 0 Å². The van der Waals surface area contributed by atoms with Crippen LogP contribution in [-0.2, 0) is 41.6 Å². The van der Waals surface area contributed by atoms with Gasteiger partial charge in [0, 0.05) is 63.9 Å². The summed E-state index contributed by atoms with van der Waals surface area (Å²) in [5.41, 5.74) is 12.3. The monoisotopic (exact) mass is 1160 g/mol. The highest BCUT2D eigenvalue weighted by atomic mass is 32.1. The number of hydrogen-bond donors (Lipinski definition) is 0. The Bertz CT molecular complexity index is 3240. The maximum Gasteiger partial charge on any atom is 0.143 e. The molecule has 3 aromatic heterocycles. The number of nitrogens with zero attached hydrogens (tertiary/aromatic N) is 5. The van der Waals surface area contributed by atoms with Gasteiger partial charge in [0.05, 0.1) is 115 Å². The van der Waals surface area contributed by atoms with Crippen LogP contribution in [0.5, 0.6) is 17.2 Å². The smallest absolute Gasteiger partial charge is 0.143 e. The average Bonchev–Trinajstić information content (AvgIpc) is 4.35. The zero-order valence-electron chi connectivity index (χ0n) is 47.2. The van der Waals surface area contributed by atoms with Crippen molar-refractivity contribution in [2.45, 2.75) is 27.1 Å². The minimum Gasteiger partial charge on any atom is -0.490 e. The minimum absolute atomic E-state index is 0.380. The normalized spacial score (nSPS) is 15.7. The van der Waals surface area contributed by atoms with Crippen LogP contribution < -0.4 is 28.9 Å². The molecule has 14 nitrogen and oxygen atoms in total. The van der Waals surface area contributed by atoms with Crippen LogP contribution in [-0.4, -0.2) is 134 Å². The first-order valence-corrected chi connectivity index (χ1v) is 30.5. The topological polar surface area (TPSA) is 119 Å². The van der Waals surface area contributed by atoms with Crippen molar-refractivity contribution in [2.24, 2.45) is 0 Å². The third-order valence-corrected chi connectivity index (χ3v) is 16.9. The Kier molecular flexibility index (Phi) is 21.5. The molecule has 17 heteroatoms. The first kappa shape index (κ1) is 58.6. The molecule has 0 atom stereocenters. The predicted molar refractivity (Wildman–Crippen MR) is 335 cm³/mol. The van der Waals surface area contributed by atoms with E-state index in [4.69, 9.17) is 51.4 Å². The number of aromatic nitrogens is 2. The summed E-state index contributed by atoms with van der Waals surface area (Å²) in [6.45, 7) is 18.6. The summed E-state index contributed by atoms with van der Waals surface area (Å²) in [4.78, 5) is 11.4. The number of rotatable bonds is 14. The van der Waals surface area contributed by atoms with E-state index in [0.717, 1.165) is 104 Å². The molecule has 11 rings (SSSR count). The van der Waals surface area contributed by atoms with Gasteiger partial charge in [0.25, 0.3) is 0 Å². The molecule has 3 aliphatic heterocycles. The Morgan fingerprint density at radius 2 is 1.06 bits per heavy atom. The van der Waals surface area contributed by atoms with Crippen LogP contribution in [0.25, 0.3) is 50.1 Å². The zero-order chi connectivity index (χ0) is 56.3. The maximum atomic E-state index is 6.81. The molecule has 0 saturated carbocycles. The lowest BCUT2D eigenvalue weighted by Gasteiger charge is -2.30. The molecule has 8 aromatic rings. The molecule has 0 radical (unpaired) electrons. The SMILES string of the molecule is C=Cc1ccc(COCc2ccc(-c3ccc(-c4ccc(/C=C/c5ccc(N6CCOc7cc(C)ccc7N7CCOCCOCCN(CCOCCOCC7)c7ccc(C)cc7OCC6)c(OCCOC)c5)s4)c4nsnc34)s2)cc1. The second kappa shape index (κ2) is 30.1. The van der Waals surface area contributed by atoms with E-state index in [9.17, 15) is 0 Å². The first-order valence-electron chi connectivity index (χ1n) is 28.1. The Balaban J connectivity index is 0.891. The molecule has 430 valence electrons. The van der Waals surface area contributed by atoms with Gasteiger partial charge < -0.3 is 57.3 Å². The fourth-order valence-corrected chi connectivity index (χ4v) is 12.3. The zero-order valence-corrected chi connectivity index (χ0v) is 49.6. The quantitative estimate of drug-likeness (QED) is 0.0759. The van der Waals surface area contributed by atoms with Gasteiger partial charge >= 0.3 is 0 Å². The van der Waals surface area contributed by atoms with Crippen molar-refractivity contribution < 1.29 is 42.6 Å². The minimum atomic E-state index is 0.380. The summed E-state index contributed by atoms with van der Waals surface area (Å²) in [5, 5.41) is 0. The molecule has 3 aliphatic rings. The number of aryl methyl sites for hydroxylation is 2. The summed E-state index contributed by atoms with van der Waals surface area (Å²) >= 11 is 4.70. The molecule has 1 fully saturated rings. The van der Waals surface area contributed by atoms with E-state index in [-0.39, 0.29) is 0 Å². The molecule has 0 spiro atoms. The van der Waals surface area contributed by atoms with Gasteiger partial charge in [-0.2, -0.15) is 8.75 Å². The van der Waals surface area contributed by atoms with Crippen molar-refractivity contribution in [2.75, 3.05) is 140 Å². The number of benzene rings is 5. The molecule has 0 amide bonds. The highest BCUT2D eigenvalue weighted by Gasteiger charge is 2.21. The summed E-state index contributed by atoms with van der Waals surface area (Å²) in [5.74, 6) is 2.35. The lowest BCUT2D eigenvalue weighted by molar-refractivity contribution is 0.0435. The second-order valence-electron chi connectivity index (χ2n) is 20.0. The summed E-state index contributed by atoms with van der Waals surface area (Å²) in [7, 11) is 1.69. The average molecular weight is 1160 g/mol. The Morgan fingerprint density at radius 3 is 1.65 bits per heavy atom. The third-order valence-electron chi connectivity index (χ3n) is 14.2. The van der Waals surface area contributed by atoms with E-state index in [1.165, 1.54) is 11.7 Å². The van der Waals surface area contributed by atoms with Gasteiger partial charge in [-0.25, -0.2) is 0 Å². The first-order chi connectivity index (χ1) is 40.4. The standard InChI is InChI=1S/C65H73N5O9S3/c1-5-49-8-10-51(11-9-49)45-76-46-53-16-23-63(81-53)55-18-17-54(64-65(55)67-82-66-64)62-22-15-52(80-62)14-12-50-13-21-58(61(44-50)79-41-36-71-4)70-28-34-77-59-42-47(2)6-19-56(59)68-24-30-72-37-39-74-32-26-69(27-33-75-40-38-73-31-25-68)57-20-7-48(3)43-60(57)78-35-29-70/h5-23,42-44H,1,24-41,45-46H2,2-4H3/b14-12+. The van der Waals surface area contributed by atoms with Gasteiger partial charge in [-0.15, -0.1) is 22.7 Å². The summed E-state index contributed by atoms with van der Waals surface area (Å²) in [6, 6.07) is 40.4. The highest BCUT2D eigenvalue weighted by Crippen LogP contribution is 2.41. The number of fused-ring (bicyclic) bond motifs is 21. The van der Waals surface area contributed by atoms with Gasteiger partial charge in [0.2, 0.25) is 0 Å². The number of thiophene rings is 2. The molecule has 0 unspecified atom stereocenters. The third kappa shape index (κ3) is 15.9. The summed E-state index contributed by atoms with van der Waals surface area (Å²) in [6.07, 6.45) is 6.15. The van der Waals surface area contributed by atoms with Crippen molar-refractivity contribution in [1.29, 1.82) is 0 Å². The molecular formula is C65H73N5O9S3. The van der Waals surface area contributed by atoms with Crippen LogP contribution in [0.15, 0.2) is 122 Å². The van der Waals surface area contributed by atoms with Crippen molar-refractivity contribution in [3.63, 3.8) is 0 Å². The van der Waals surface area contributed by atoms with Crippen LogP contribution in [0.4, 0.5) is 17.1 Å². The van der Waals surface area contributed by atoms with Crippen LogP contribution in [0.3, 0.4) is 0 Å². The number of anilines is 3. The van der Waals surface area contributed by atoms with Crippen molar-refractivity contribution in [3.8, 4) is 38.1 Å². The Morgan fingerprint density at radius 1 is 0.524 bits per heavy atom. The summed E-state index contributed by atoms with van der Waals surface area (Å²) < 4.78 is 66.0. The molecule has 2 bridgehead atoms. The van der Waals surface area contributed by atoms with E-state index in [0.29, 0.717) is 132 Å². The lowest BCUT2D eigenvalue weighted by atomic mass is 10.1. The highest BCUT2D eigenvalue weighted by molar-refractivity contribution is 7.16. The van der Waals surface area contributed by atoms with Crippen molar-refractivity contribution in [1.82, 2.24) is 8.75 Å². The van der Waals surface area contributed by atoms with E-state index in [1.807, 2.05) is 6.08 Å². The van der Waals surface area contributed by atoms with Gasteiger partial charge in [-0.05, 0) is 108 Å². The molecule has 82 heavy (non-hydrogen) atoms. The van der Waals surface area contributed by atoms with Gasteiger partial charge in [0.1, 0.15) is 48.1 Å². The van der Waals surface area contributed by atoms with Gasteiger partial charge in [-0.1, -0.05) is 73.3 Å². The number of methoxy groups -OCH3 is 1. The molecule has 6 heterocycles. The Labute approximate surface area is 494 Å². The van der Waals surface area contributed by atoms with Crippen molar-refractivity contribution in [3.05, 3.63) is 159 Å². The van der Waals surface area contributed by atoms with E-state index < -0.39 is 0 Å². The largest absolute Gasteiger partial charge is 0.490 e. The van der Waals surface area contributed by atoms with Crippen LogP contribution >= 0.6 is 34.4 Å². The fourth-order valence-electron chi connectivity index (χ4n) is 9.82. The Hall–Kier alpha value is -6.64. The molecule has 0 aliphatic carbocycles. The van der Waals surface area contributed by atoms with E-state index in [2.05, 4.69) is 163 Å². The van der Waals surface area contributed by atoms with Crippen LogP contribution in [0, 0.1) is 13.8 Å². The van der Waals surface area contributed by atoms with Crippen molar-refractivity contribution >= 4 is 80.7 Å². The fraction of sp³-hybridized carbons (Fsp3) is 0.354. The maximum absolute atomic E-state index is 6.81. The van der Waals surface area contributed by atoms with Crippen LogP contribution in [0.2, 0.25) is 0 Å². The predicted octanol–water partition coefficient (Wildman–Crippen LogP) is 13.0. The van der Waals surface area contributed by atoms with E-state index >= 15 is 0 Å². The van der Waals surface area contributed by atoms with E-state index in [1.54, 1.807) is 29.8 Å². The van der Waals surface area contributed by atoms with Gasteiger partial charge in [-0.3, -0.25) is 0 Å². The number of ether oxygens (including phenoxy) is 9. The second-order valence-corrected chi connectivity index (χ2v) is 22.8.